The van der Waals surface area contributed by atoms with E-state index in [2.05, 4.69) is 15.9 Å². The number of carbonyl (C=O) groups is 1. The smallest absolute Gasteiger partial charge is 0.196 e. The molecular formula is C15H14BrNO2. The Morgan fingerprint density at radius 3 is 2.58 bits per heavy atom. The number of ether oxygens (including phenoxy) is 1. The molecule has 0 atom stereocenters. The van der Waals surface area contributed by atoms with Crippen LogP contribution in [0.25, 0.3) is 0 Å². The highest BCUT2D eigenvalue weighted by molar-refractivity contribution is 9.10. The van der Waals surface area contributed by atoms with E-state index in [-0.39, 0.29) is 5.78 Å². The zero-order valence-electron chi connectivity index (χ0n) is 10.7. The second kappa shape index (κ2) is 5.45. The molecule has 0 saturated carbocycles. The van der Waals surface area contributed by atoms with Crippen molar-refractivity contribution in [2.75, 3.05) is 12.8 Å². The van der Waals surface area contributed by atoms with Crippen LogP contribution in [0, 0.1) is 6.92 Å². The fourth-order valence-corrected chi connectivity index (χ4v) is 2.41. The number of ketones is 1. The lowest BCUT2D eigenvalue weighted by Gasteiger charge is -2.09. The second-order valence-corrected chi connectivity index (χ2v) is 5.22. The van der Waals surface area contributed by atoms with Crippen LogP contribution in [0.5, 0.6) is 5.75 Å². The molecule has 3 nitrogen and oxygen atoms in total. The fraction of sp³-hybridized carbons (Fsp3) is 0.133. The van der Waals surface area contributed by atoms with Crippen molar-refractivity contribution in [1.29, 1.82) is 0 Å². The Hall–Kier alpha value is -1.81. The second-order valence-electron chi connectivity index (χ2n) is 4.31. The van der Waals surface area contributed by atoms with E-state index in [1.54, 1.807) is 31.4 Å². The van der Waals surface area contributed by atoms with Gasteiger partial charge in [-0.15, -0.1) is 0 Å². The number of hydrogen-bond donors (Lipinski definition) is 1. The molecule has 0 radical (unpaired) electrons. The van der Waals surface area contributed by atoms with Crippen LogP contribution in [0.4, 0.5) is 5.69 Å². The third-order valence-electron chi connectivity index (χ3n) is 2.78. The molecule has 0 spiro atoms. The molecule has 0 amide bonds. The lowest BCUT2D eigenvalue weighted by molar-refractivity contribution is 0.103. The van der Waals surface area contributed by atoms with E-state index in [9.17, 15) is 4.79 Å². The SMILES string of the molecule is COc1ccc(C)cc1C(=O)c1cc(N)cc(Br)c1. The van der Waals surface area contributed by atoms with Crippen molar-refractivity contribution < 1.29 is 9.53 Å². The van der Waals surface area contributed by atoms with Gasteiger partial charge in [0.25, 0.3) is 0 Å². The highest BCUT2D eigenvalue weighted by atomic mass is 79.9. The summed E-state index contributed by atoms with van der Waals surface area (Å²) < 4.78 is 6.02. The first kappa shape index (κ1) is 13.6. The lowest BCUT2D eigenvalue weighted by Crippen LogP contribution is -2.05. The molecule has 2 rings (SSSR count). The molecule has 0 heterocycles. The molecule has 2 N–H and O–H groups in total. The highest BCUT2D eigenvalue weighted by Crippen LogP contribution is 2.25. The average Bonchev–Trinajstić information content (AvgIpc) is 2.36. The van der Waals surface area contributed by atoms with E-state index in [0.29, 0.717) is 22.6 Å². The largest absolute Gasteiger partial charge is 0.496 e. The summed E-state index contributed by atoms with van der Waals surface area (Å²) in [5, 5.41) is 0. The molecular weight excluding hydrogens is 306 g/mol. The number of aryl methyl sites for hydroxylation is 1. The summed E-state index contributed by atoms with van der Waals surface area (Å²) in [5.74, 6) is 0.461. The fourth-order valence-electron chi connectivity index (χ4n) is 1.90. The molecule has 19 heavy (non-hydrogen) atoms. The Morgan fingerprint density at radius 2 is 1.95 bits per heavy atom. The number of methoxy groups -OCH3 is 1. The van der Waals surface area contributed by atoms with Crippen molar-refractivity contribution in [1.82, 2.24) is 0 Å². The summed E-state index contributed by atoms with van der Waals surface area (Å²) in [4.78, 5) is 12.5. The zero-order chi connectivity index (χ0) is 14.0. The maximum Gasteiger partial charge on any atom is 0.196 e. The van der Waals surface area contributed by atoms with Crippen molar-refractivity contribution in [2.45, 2.75) is 6.92 Å². The normalized spacial score (nSPS) is 10.3. The van der Waals surface area contributed by atoms with Crippen LogP contribution in [0.1, 0.15) is 21.5 Å². The Kier molecular flexibility index (Phi) is 3.90. The highest BCUT2D eigenvalue weighted by Gasteiger charge is 2.15. The monoisotopic (exact) mass is 319 g/mol. The number of nitrogens with two attached hydrogens (primary N) is 1. The zero-order valence-corrected chi connectivity index (χ0v) is 12.3. The third-order valence-corrected chi connectivity index (χ3v) is 3.24. The van der Waals surface area contributed by atoms with E-state index in [4.69, 9.17) is 10.5 Å². The van der Waals surface area contributed by atoms with Crippen molar-refractivity contribution in [3.05, 3.63) is 57.6 Å². The lowest BCUT2D eigenvalue weighted by atomic mass is 10.0. The minimum Gasteiger partial charge on any atom is -0.496 e. The summed E-state index contributed by atoms with van der Waals surface area (Å²) in [7, 11) is 1.55. The summed E-state index contributed by atoms with van der Waals surface area (Å²) in [5.41, 5.74) is 8.39. The molecule has 0 bridgehead atoms. The number of halogens is 1. The average molecular weight is 320 g/mol. The predicted molar refractivity (Wildman–Crippen MR) is 79.7 cm³/mol. The van der Waals surface area contributed by atoms with Crippen LogP contribution in [-0.4, -0.2) is 12.9 Å². The van der Waals surface area contributed by atoms with Crippen molar-refractivity contribution in [3.63, 3.8) is 0 Å². The standard InChI is InChI=1S/C15H14BrNO2/c1-9-3-4-14(19-2)13(5-9)15(18)10-6-11(16)8-12(17)7-10/h3-8H,17H2,1-2H3. The summed E-state index contributed by atoms with van der Waals surface area (Å²) in [6.07, 6.45) is 0. The van der Waals surface area contributed by atoms with Crippen molar-refractivity contribution in [2.24, 2.45) is 0 Å². The first-order valence-electron chi connectivity index (χ1n) is 5.76. The van der Waals surface area contributed by atoms with Crippen LogP contribution in [-0.2, 0) is 0 Å². The number of hydrogen-bond acceptors (Lipinski definition) is 3. The molecule has 2 aromatic carbocycles. The van der Waals surface area contributed by atoms with Gasteiger partial charge < -0.3 is 10.5 Å². The minimum atomic E-state index is -0.103. The number of rotatable bonds is 3. The van der Waals surface area contributed by atoms with Gasteiger partial charge in [0.1, 0.15) is 5.75 Å². The maximum absolute atomic E-state index is 12.5. The maximum atomic E-state index is 12.5. The minimum absolute atomic E-state index is 0.103. The van der Waals surface area contributed by atoms with E-state index in [1.165, 1.54) is 0 Å². The summed E-state index contributed by atoms with van der Waals surface area (Å²) in [6, 6.07) is 10.7. The van der Waals surface area contributed by atoms with Gasteiger partial charge in [0.05, 0.1) is 12.7 Å². The van der Waals surface area contributed by atoms with Gasteiger partial charge >= 0.3 is 0 Å². The van der Waals surface area contributed by atoms with Gasteiger partial charge in [0.15, 0.2) is 5.78 Å². The van der Waals surface area contributed by atoms with Crippen LogP contribution >= 0.6 is 15.9 Å². The van der Waals surface area contributed by atoms with Gasteiger partial charge in [-0.2, -0.15) is 0 Å². The Bertz CT molecular complexity index is 618. The first-order chi connectivity index (χ1) is 9.01. The molecule has 0 saturated heterocycles. The third kappa shape index (κ3) is 2.96. The molecule has 0 aliphatic heterocycles. The molecule has 98 valence electrons. The summed E-state index contributed by atoms with van der Waals surface area (Å²) >= 11 is 3.34. The molecule has 0 aromatic heterocycles. The van der Waals surface area contributed by atoms with Crippen molar-refractivity contribution >= 4 is 27.4 Å². The topological polar surface area (TPSA) is 52.3 Å². The molecule has 0 aliphatic carbocycles. The Morgan fingerprint density at radius 1 is 1.21 bits per heavy atom. The van der Waals surface area contributed by atoms with Crippen LogP contribution in [0.2, 0.25) is 0 Å². The van der Waals surface area contributed by atoms with Crippen LogP contribution < -0.4 is 10.5 Å². The number of carbonyl (C=O) groups excluding carboxylic acids is 1. The number of benzene rings is 2. The quantitative estimate of drug-likeness (QED) is 0.695. The van der Waals surface area contributed by atoms with E-state index >= 15 is 0 Å². The Labute approximate surface area is 120 Å². The molecule has 0 aliphatic rings. The number of nitrogen functional groups attached to an aromatic ring is 1. The first-order valence-corrected chi connectivity index (χ1v) is 6.56. The van der Waals surface area contributed by atoms with Gasteiger partial charge in [-0.1, -0.05) is 27.6 Å². The van der Waals surface area contributed by atoms with Gasteiger partial charge in [-0.05, 0) is 37.3 Å². The van der Waals surface area contributed by atoms with Crippen LogP contribution in [0.15, 0.2) is 40.9 Å². The van der Waals surface area contributed by atoms with E-state index in [0.717, 1.165) is 10.0 Å². The molecule has 0 fully saturated rings. The molecule has 4 heteroatoms. The predicted octanol–water partition coefficient (Wildman–Crippen LogP) is 3.58. The van der Waals surface area contributed by atoms with E-state index in [1.807, 2.05) is 19.1 Å². The van der Waals surface area contributed by atoms with Crippen molar-refractivity contribution in [3.8, 4) is 5.75 Å². The molecule has 2 aromatic rings. The van der Waals surface area contributed by atoms with Crippen LogP contribution in [0.3, 0.4) is 0 Å². The van der Waals surface area contributed by atoms with Gasteiger partial charge in [0, 0.05) is 15.7 Å². The number of anilines is 1. The Balaban J connectivity index is 2.52. The van der Waals surface area contributed by atoms with Gasteiger partial charge in [-0.25, -0.2) is 0 Å². The summed E-state index contributed by atoms with van der Waals surface area (Å²) in [6.45, 7) is 1.94. The van der Waals surface area contributed by atoms with Gasteiger partial charge in [0.2, 0.25) is 0 Å². The van der Waals surface area contributed by atoms with Gasteiger partial charge in [-0.3, -0.25) is 4.79 Å². The van der Waals surface area contributed by atoms with E-state index < -0.39 is 0 Å². The molecule has 0 unspecified atom stereocenters.